The summed E-state index contributed by atoms with van der Waals surface area (Å²) in [5.41, 5.74) is 8.62. The van der Waals surface area contributed by atoms with Gasteiger partial charge in [0, 0.05) is 12.2 Å². The highest BCUT2D eigenvalue weighted by atomic mass is 16.4. The van der Waals surface area contributed by atoms with Crippen molar-refractivity contribution < 1.29 is 9.90 Å². The molecule has 1 heterocycles. The van der Waals surface area contributed by atoms with E-state index in [0.29, 0.717) is 12.2 Å². The Morgan fingerprint density at radius 1 is 1.18 bits per heavy atom. The highest BCUT2D eigenvalue weighted by molar-refractivity contribution is 5.88. The van der Waals surface area contributed by atoms with Crippen LogP contribution in [-0.2, 0) is 4.79 Å². The predicted octanol–water partition coefficient (Wildman–Crippen LogP) is 6.13. The van der Waals surface area contributed by atoms with Gasteiger partial charge in [-0.25, -0.2) is 10.2 Å². The standard InChI is InChI=1S/C24H31N3O2.C4H6/c1-6-17(15-25-18-10-8-16(3)9-11-18)21(7-2)27-22(23(28)29)19-14-24(4,5)13-12-20(19)26-27;1-3-4-2/h6-11,20,25-26H,1-2,12-15H2,3-5H3,(H,28,29);3-4H,1-2H2/b21-17-;. The molecule has 0 radical (unpaired) electrons. The van der Waals surface area contributed by atoms with E-state index in [1.54, 1.807) is 29.3 Å². The molecule has 0 amide bonds. The van der Waals surface area contributed by atoms with E-state index >= 15 is 0 Å². The summed E-state index contributed by atoms with van der Waals surface area (Å²) in [6.45, 7) is 21.6. The van der Waals surface area contributed by atoms with Crippen LogP contribution in [0.15, 0.2) is 97.4 Å². The first-order valence-electron chi connectivity index (χ1n) is 11.2. The molecule has 1 fully saturated rings. The number of fused-ring (bicyclic) bond motifs is 1. The molecule has 0 saturated heterocycles. The van der Waals surface area contributed by atoms with Gasteiger partial charge in [-0.1, -0.05) is 76.1 Å². The number of carboxylic acids is 1. The van der Waals surface area contributed by atoms with Gasteiger partial charge in [-0.15, -0.1) is 0 Å². The Morgan fingerprint density at radius 2 is 1.82 bits per heavy atom. The van der Waals surface area contributed by atoms with Crippen molar-refractivity contribution in [1.29, 1.82) is 0 Å². The summed E-state index contributed by atoms with van der Waals surface area (Å²) < 4.78 is 0. The van der Waals surface area contributed by atoms with Crippen LogP contribution in [0.5, 0.6) is 0 Å². The number of aryl methyl sites for hydroxylation is 1. The summed E-state index contributed by atoms with van der Waals surface area (Å²) in [5.74, 6) is -0.915. The van der Waals surface area contributed by atoms with Crippen LogP contribution in [0.1, 0.15) is 38.7 Å². The van der Waals surface area contributed by atoms with Crippen LogP contribution in [0.4, 0.5) is 5.69 Å². The van der Waals surface area contributed by atoms with E-state index in [9.17, 15) is 9.90 Å². The molecule has 0 bridgehead atoms. The first kappa shape index (κ1) is 25.9. The average molecular weight is 448 g/mol. The fraction of sp³-hybridized carbons (Fsp3) is 0.321. The number of nitrogens with one attached hydrogen (secondary N) is 2. The lowest BCUT2D eigenvalue weighted by atomic mass is 9.73. The molecule has 33 heavy (non-hydrogen) atoms. The summed E-state index contributed by atoms with van der Waals surface area (Å²) in [5, 5.41) is 15.1. The highest BCUT2D eigenvalue weighted by Crippen LogP contribution is 2.43. The number of carboxylic acid groups (broad SMARTS) is 1. The van der Waals surface area contributed by atoms with E-state index in [1.807, 2.05) is 12.1 Å². The number of aliphatic carboxylic acids is 1. The van der Waals surface area contributed by atoms with Gasteiger partial charge in [0.05, 0.1) is 11.7 Å². The molecule has 2 aliphatic rings. The summed E-state index contributed by atoms with van der Waals surface area (Å²) in [7, 11) is 0. The average Bonchev–Trinajstić information content (AvgIpc) is 3.15. The topological polar surface area (TPSA) is 64.6 Å². The Labute approximate surface area is 198 Å². The molecule has 3 rings (SSSR count). The number of benzene rings is 1. The van der Waals surface area contributed by atoms with Crippen LogP contribution in [0, 0.1) is 12.3 Å². The maximum atomic E-state index is 12.2. The van der Waals surface area contributed by atoms with Crippen LogP contribution in [0.25, 0.3) is 0 Å². The van der Waals surface area contributed by atoms with Gasteiger partial charge in [-0.05, 0) is 61.0 Å². The normalized spacial score (nSPS) is 19.4. The second-order valence-electron chi connectivity index (χ2n) is 9.09. The maximum Gasteiger partial charge on any atom is 0.354 e. The number of anilines is 1. The van der Waals surface area contributed by atoms with Crippen LogP contribution in [0.2, 0.25) is 0 Å². The maximum absolute atomic E-state index is 12.2. The molecule has 176 valence electrons. The first-order valence-corrected chi connectivity index (χ1v) is 11.2. The van der Waals surface area contributed by atoms with Gasteiger partial charge < -0.3 is 10.4 Å². The lowest BCUT2D eigenvalue weighted by Crippen LogP contribution is -2.40. The number of hydrogen-bond acceptors (Lipinski definition) is 4. The van der Waals surface area contributed by atoms with Crippen molar-refractivity contribution in [2.24, 2.45) is 5.41 Å². The smallest absolute Gasteiger partial charge is 0.354 e. The van der Waals surface area contributed by atoms with Crippen LogP contribution >= 0.6 is 0 Å². The van der Waals surface area contributed by atoms with Crippen LogP contribution in [0.3, 0.4) is 0 Å². The van der Waals surface area contributed by atoms with Gasteiger partial charge in [0.2, 0.25) is 0 Å². The highest BCUT2D eigenvalue weighted by Gasteiger charge is 2.42. The Bertz CT molecular complexity index is 961. The van der Waals surface area contributed by atoms with Crippen molar-refractivity contribution in [3.05, 3.63) is 103 Å². The van der Waals surface area contributed by atoms with E-state index in [2.05, 4.69) is 70.0 Å². The Kier molecular flexibility index (Phi) is 9.06. The molecule has 1 atom stereocenters. The lowest BCUT2D eigenvalue weighted by Gasteiger charge is -2.34. The summed E-state index contributed by atoms with van der Waals surface area (Å²) >= 11 is 0. The Balaban J connectivity index is 0.000000890. The van der Waals surface area contributed by atoms with Crippen molar-refractivity contribution in [3.8, 4) is 0 Å². The molecule has 0 spiro atoms. The third-order valence-electron chi connectivity index (χ3n) is 5.93. The minimum absolute atomic E-state index is 0.0557. The van der Waals surface area contributed by atoms with Crippen molar-refractivity contribution in [2.75, 3.05) is 11.9 Å². The number of hydrazine groups is 1. The van der Waals surface area contributed by atoms with E-state index < -0.39 is 5.97 Å². The molecule has 1 aliphatic carbocycles. The SMILES string of the molecule is C=C/C(CNc1ccc(C)cc1)=C(\C=C)N1NC2CCC(C)(C)CC2=C1C(=O)O.C=CC=C. The predicted molar refractivity (Wildman–Crippen MR) is 139 cm³/mol. The fourth-order valence-electron chi connectivity index (χ4n) is 4.12. The zero-order valence-corrected chi connectivity index (χ0v) is 20.2. The molecule has 3 N–H and O–H groups in total. The lowest BCUT2D eigenvalue weighted by molar-refractivity contribution is -0.134. The molecule has 1 unspecified atom stereocenters. The molecule has 1 saturated carbocycles. The van der Waals surface area contributed by atoms with Gasteiger partial charge in [-0.3, -0.25) is 5.01 Å². The molecular weight excluding hydrogens is 410 g/mol. The third kappa shape index (κ3) is 6.59. The van der Waals surface area contributed by atoms with E-state index in [4.69, 9.17) is 0 Å². The quantitative estimate of drug-likeness (QED) is 0.419. The third-order valence-corrected chi connectivity index (χ3v) is 5.93. The zero-order valence-electron chi connectivity index (χ0n) is 20.2. The summed E-state index contributed by atoms with van der Waals surface area (Å²) in [4.78, 5) is 12.2. The van der Waals surface area contributed by atoms with Gasteiger partial charge in [-0.2, -0.15) is 0 Å². The number of rotatable bonds is 8. The second kappa shape index (κ2) is 11.5. The van der Waals surface area contributed by atoms with Crippen LogP contribution < -0.4 is 10.7 Å². The zero-order chi connectivity index (χ0) is 24.6. The summed E-state index contributed by atoms with van der Waals surface area (Å²) in [6.07, 6.45) is 9.50. The van der Waals surface area contributed by atoms with Gasteiger partial charge in [0.1, 0.15) is 5.70 Å². The second-order valence-corrected chi connectivity index (χ2v) is 9.09. The molecule has 1 aromatic carbocycles. The van der Waals surface area contributed by atoms with Crippen molar-refractivity contribution in [3.63, 3.8) is 0 Å². The van der Waals surface area contributed by atoms with Gasteiger partial charge >= 0.3 is 5.97 Å². The monoisotopic (exact) mass is 447 g/mol. The van der Waals surface area contributed by atoms with Gasteiger partial charge in [0.15, 0.2) is 0 Å². The number of allylic oxidation sites excluding steroid dienone is 3. The Morgan fingerprint density at radius 3 is 2.33 bits per heavy atom. The molecule has 1 aliphatic heterocycles. The number of nitrogens with zero attached hydrogens (tertiary/aromatic N) is 1. The van der Waals surface area contributed by atoms with Crippen molar-refractivity contribution >= 4 is 11.7 Å². The minimum Gasteiger partial charge on any atom is -0.477 e. The number of carbonyl (C=O) groups is 1. The van der Waals surface area contributed by atoms with Crippen molar-refractivity contribution in [1.82, 2.24) is 10.4 Å². The largest absolute Gasteiger partial charge is 0.477 e. The summed E-state index contributed by atoms with van der Waals surface area (Å²) in [6, 6.07) is 8.21. The molecule has 0 aromatic heterocycles. The van der Waals surface area contributed by atoms with E-state index in [-0.39, 0.29) is 11.5 Å². The Hall–Kier alpha value is -3.31. The fourth-order valence-corrected chi connectivity index (χ4v) is 4.12. The van der Waals surface area contributed by atoms with Crippen molar-refractivity contribution in [2.45, 2.75) is 46.1 Å². The minimum atomic E-state index is -0.915. The number of hydrogen-bond donors (Lipinski definition) is 3. The molecule has 1 aromatic rings. The molecular formula is C28H37N3O2. The van der Waals surface area contributed by atoms with E-state index in [0.717, 1.165) is 41.8 Å². The first-order chi connectivity index (χ1) is 15.7. The van der Waals surface area contributed by atoms with Crippen LogP contribution in [-0.4, -0.2) is 28.7 Å². The van der Waals surface area contributed by atoms with E-state index in [1.165, 1.54) is 5.56 Å². The molecule has 5 heteroatoms. The molecule has 5 nitrogen and oxygen atoms in total. The van der Waals surface area contributed by atoms with Gasteiger partial charge in [0.25, 0.3) is 0 Å².